The van der Waals surface area contributed by atoms with Gasteiger partial charge in [-0.25, -0.2) is 0 Å². The minimum Gasteiger partial charge on any atom is -0.484 e. The summed E-state index contributed by atoms with van der Waals surface area (Å²) in [4.78, 5) is 27.0. The van der Waals surface area contributed by atoms with E-state index < -0.39 is 17.6 Å². The predicted octanol–water partition coefficient (Wildman–Crippen LogP) is 4.72. The smallest absolute Gasteiger partial charge is 0.416 e. The highest BCUT2D eigenvalue weighted by Crippen LogP contribution is 2.30. The molecule has 2 N–H and O–H groups in total. The van der Waals surface area contributed by atoms with Gasteiger partial charge in [0.05, 0.1) is 5.56 Å². The van der Waals surface area contributed by atoms with Gasteiger partial charge in [-0.05, 0) is 68.3 Å². The summed E-state index contributed by atoms with van der Waals surface area (Å²) in [5.41, 5.74) is -0.317. The highest BCUT2D eigenvalue weighted by molar-refractivity contribution is 5.94. The molecule has 34 heavy (non-hydrogen) atoms. The first-order valence-electron chi connectivity index (χ1n) is 11.5. The number of rotatable bonds is 9. The number of alkyl halides is 3. The molecule has 2 aromatic carbocycles. The van der Waals surface area contributed by atoms with Crippen LogP contribution >= 0.6 is 0 Å². The number of likely N-dealkylation sites (tertiary alicyclic amines) is 1. The van der Waals surface area contributed by atoms with Crippen LogP contribution in [0.2, 0.25) is 0 Å². The van der Waals surface area contributed by atoms with Crippen LogP contribution in [0.15, 0.2) is 48.5 Å². The van der Waals surface area contributed by atoms with Crippen LogP contribution in [0.4, 0.5) is 18.9 Å². The quantitative estimate of drug-likeness (QED) is 0.549. The summed E-state index contributed by atoms with van der Waals surface area (Å²) in [6.07, 6.45) is -0.262. The second-order valence-electron chi connectivity index (χ2n) is 8.38. The van der Waals surface area contributed by atoms with Crippen molar-refractivity contribution in [3.63, 3.8) is 0 Å². The monoisotopic (exact) mass is 477 g/mol. The highest BCUT2D eigenvalue weighted by Gasteiger charge is 2.30. The Balaban J connectivity index is 1.43. The average Bonchev–Trinajstić information content (AvgIpc) is 2.82. The minimum atomic E-state index is -4.49. The average molecular weight is 478 g/mol. The molecule has 2 amide bonds. The zero-order chi connectivity index (χ0) is 24.6. The first-order chi connectivity index (χ1) is 16.2. The summed E-state index contributed by atoms with van der Waals surface area (Å²) >= 11 is 0. The molecule has 6 nitrogen and oxygen atoms in total. The number of halogens is 3. The van der Waals surface area contributed by atoms with E-state index in [4.69, 9.17) is 4.74 Å². The molecular formula is C25H30F3N3O3. The normalized spacial score (nSPS) is 15.1. The molecule has 1 fully saturated rings. The summed E-state index contributed by atoms with van der Waals surface area (Å²) in [6.45, 7) is 4.88. The van der Waals surface area contributed by atoms with Gasteiger partial charge < -0.3 is 20.3 Å². The summed E-state index contributed by atoms with van der Waals surface area (Å²) in [5, 5.41) is 5.46. The van der Waals surface area contributed by atoms with Gasteiger partial charge in [0.1, 0.15) is 5.75 Å². The van der Waals surface area contributed by atoms with E-state index in [9.17, 15) is 22.8 Å². The second-order valence-corrected chi connectivity index (χ2v) is 8.38. The lowest BCUT2D eigenvalue weighted by Crippen LogP contribution is -2.44. The van der Waals surface area contributed by atoms with Crippen molar-refractivity contribution in [3.8, 4) is 5.75 Å². The number of hydrogen-bond donors (Lipinski definition) is 2. The lowest BCUT2D eigenvalue weighted by Gasteiger charge is -2.32. The van der Waals surface area contributed by atoms with Crippen molar-refractivity contribution >= 4 is 17.5 Å². The molecule has 0 atom stereocenters. The number of carbonyl (C=O) groups excluding carboxylic acids is 2. The number of carbonyl (C=O) groups is 2. The van der Waals surface area contributed by atoms with Crippen LogP contribution in [0.1, 0.15) is 48.5 Å². The second kappa shape index (κ2) is 11.9. The van der Waals surface area contributed by atoms with E-state index in [1.54, 1.807) is 24.3 Å². The number of anilines is 1. The minimum absolute atomic E-state index is 0.0339. The zero-order valence-electron chi connectivity index (χ0n) is 19.2. The number of benzene rings is 2. The molecule has 9 heteroatoms. The predicted molar refractivity (Wildman–Crippen MR) is 124 cm³/mol. The molecule has 3 rings (SSSR count). The van der Waals surface area contributed by atoms with Gasteiger partial charge in [0, 0.05) is 30.4 Å². The molecule has 0 unspecified atom stereocenters. The van der Waals surface area contributed by atoms with Gasteiger partial charge in [0.25, 0.3) is 11.8 Å². The van der Waals surface area contributed by atoms with Crippen LogP contribution in [0, 0.1) is 0 Å². The summed E-state index contributed by atoms with van der Waals surface area (Å²) in [7, 11) is 0. The van der Waals surface area contributed by atoms with Crippen molar-refractivity contribution in [1.82, 2.24) is 10.2 Å². The zero-order valence-corrected chi connectivity index (χ0v) is 19.2. The van der Waals surface area contributed by atoms with Crippen LogP contribution in [-0.4, -0.2) is 49.0 Å². The summed E-state index contributed by atoms with van der Waals surface area (Å²) in [6, 6.07) is 10.9. The highest BCUT2D eigenvalue weighted by atomic mass is 19.4. The van der Waals surface area contributed by atoms with Crippen molar-refractivity contribution < 1.29 is 27.5 Å². The van der Waals surface area contributed by atoms with Crippen LogP contribution in [0.3, 0.4) is 0 Å². The third-order valence-corrected chi connectivity index (χ3v) is 5.71. The number of nitrogens with one attached hydrogen (secondary N) is 2. The van der Waals surface area contributed by atoms with Crippen LogP contribution < -0.4 is 15.4 Å². The summed E-state index contributed by atoms with van der Waals surface area (Å²) < 4.78 is 43.7. The molecule has 1 heterocycles. The van der Waals surface area contributed by atoms with E-state index in [0.717, 1.165) is 44.6 Å². The van der Waals surface area contributed by atoms with Crippen LogP contribution in [0.5, 0.6) is 5.75 Å². The molecule has 0 bridgehead atoms. The Kier molecular flexibility index (Phi) is 8.92. The number of amides is 2. The molecular weight excluding hydrogens is 447 g/mol. The number of ether oxygens (including phenoxy) is 1. The van der Waals surface area contributed by atoms with E-state index in [-0.39, 0.29) is 24.2 Å². The maximum atomic E-state index is 12.8. The molecule has 1 aliphatic heterocycles. The van der Waals surface area contributed by atoms with Crippen molar-refractivity contribution in [2.75, 3.05) is 31.6 Å². The Hall–Kier alpha value is -3.07. The number of nitrogens with zero attached hydrogens (tertiary/aromatic N) is 1. The lowest BCUT2D eigenvalue weighted by molar-refractivity contribution is -0.137. The third-order valence-electron chi connectivity index (χ3n) is 5.71. The number of piperidine rings is 1. The topological polar surface area (TPSA) is 70.7 Å². The first-order valence-corrected chi connectivity index (χ1v) is 11.5. The lowest BCUT2D eigenvalue weighted by atomic mass is 10.0. The van der Waals surface area contributed by atoms with Crippen molar-refractivity contribution in [2.45, 2.75) is 44.8 Å². The van der Waals surface area contributed by atoms with Gasteiger partial charge in [-0.1, -0.05) is 19.4 Å². The van der Waals surface area contributed by atoms with Crippen molar-refractivity contribution in [3.05, 3.63) is 59.7 Å². The fraction of sp³-hybridized carbons (Fsp3) is 0.440. The number of hydrogen-bond acceptors (Lipinski definition) is 4. The van der Waals surface area contributed by atoms with Crippen molar-refractivity contribution in [1.29, 1.82) is 0 Å². The number of unbranched alkanes of at least 4 members (excludes halogenated alkanes) is 1. The van der Waals surface area contributed by atoms with Gasteiger partial charge in [0.15, 0.2) is 6.61 Å². The molecule has 0 radical (unpaired) electrons. The van der Waals surface area contributed by atoms with Crippen LogP contribution in [-0.2, 0) is 11.0 Å². The fourth-order valence-corrected chi connectivity index (χ4v) is 3.77. The van der Waals surface area contributed by atoms with E-state index >= 15 is 0 Å². The van der Waals surface area contributed by atoms with Gasteiger partial charge in [-0.2, -0.15) is 13.2 Å². The molecule has 0 aliphatic carbocycles. The molecule has 0 saturated carbocycles. The summed E-state index contributed by atoms with van der Waals surface area (Å²) in [5.74, 6) is -0.368. The van der Waals surface area contributed by atoms with Gasteiger partial charge in [0.2, 0.25) is 0 Å². The molecule has 0 spiro atoms. The third kappa shape index (κ3) is 7.76. The molecule has 2 aromatic rings. The Morgan fingerprint density at radius 1 is 1.09 bits per heavy atom. The fourth-order valence-electron chi connectivity index (χ4n) is 3.77. The first kappa shape index (κ1) is 25.6. The van der Waals surface area contributed by atoms with Crippen LogP contribution in [0.25, 0.3) is 0 Å². The standard InChI is InChI=1S/C25H30F3N3O3/c1-2-3-13-31-14-11-20(12-15-31)30-24(33)18-7-9-22(10-8-18)34-17-23(32)29-21-6-4-5-19(16-21)25(26,27)28/h4-10,16,20H,2-3,11-15,17H2,1H3,(H,29,32)(H,30,33). The SMILES string of the molecule is CCCCN1CCC(NC(=O)c2ccc(OCC(=O)Nc3cccc(C(F)(F)F)c3)cc2)CC1. The van der Waals surface area contributed by atoms with E-state index in [1.165, 1.54) is 25.0 Å². The Labute approximate surface area is 197 Å². The molecule has 184 valence electrons. The Bertz CT molecular complexity index is 956. The van der Waals surface area contributed by atoms with E-state index in [2.05, 4.69) is 22.5 Å². The van der Waals surface area contributed by atoms with Gasteiger partial charge in [-0.3, -0.25) is 9.59 Å². The van der Waals surface area contributed by atoms with Gasteiger partial charge >= 0.3 is 6.18 Å². The largest absolute Gasteiger partial charge is 0.484 e. The molecule has 0 aromatic heterocycles. The van der Waals surface area contributed by atoms with E-state index in [0.29, 0.717) is 11.3 Å². The van der Waals surface area contributed by atoms with E-state index in [1.807, 2.05) is 0 Å². The maximum Gasteiger partial charge on any atom is 0.416 e. The molecule has 1 saturated heterocycles. The van der Waals surface area contributed by atoms with Gasteiger partial charge in [-0.15, -0.1) is 0 Å². The molecule has 1 aliphatic rings. The Morgan fingerprint density at radius 2 is 1.79 bits per heavy atom. The van der Waals surface area contributed by atoms with Crippen molar-refractivity contribution in [2.24, 2.45) is 0 Å². The Morgan fingerprint density at radius 3 is 2.44 bits per heavy atom. The maximum absolute atomic E-state index is 12.8.